The third-order valence-electron chi connectivity index (χ3n) is 6.32. The van der Waals surface area contributed by atoms with Crippen LogP contribution in [-0.2, 0) is 11.3 Å². The second kappa shape index (κ2) is 5.75. The van der Waals surface area contributed by atoms with Gasteiger partial charge in [0.15, 0.2) is 0 Å². The van der Waals surface area contributed by atoms with Crippen molar-refractivity contribution in [1.82, 2.24) is 15.1 Å². The molecule has 0 radical (unpaired) electrons. The summed E-state index contributed by atoms with van der Waals surface area (Å²) in [6.07, 6.45) is 7.31. The zero-order valence-corrected chi connectivity index (χ0v) is 14.8. The first-order chi connectivity index (χ1) is 11.8. The number of nitrogens with one attached hydrogen (secondary N) is 2. The highest BCUT2D eigenvalue weighted by Crippen LogP contribution is 2.55. The van der Waals surface area contributed by atoms with Gasteiger partial charge in [0.05, 0.1) is 17.1 Å². The molecule has 4 aliphatic rings. The lowest BCUT2D eigenvalue weighted by Crippen LogP contribution is -2.60. The second-order valence-electron chi connectivity index (χ2n) is 8.37. The van der Waals surface area contributed by atoms with E-state index in [1.54, 1.807) is 13.8 Å². The van der Waals surface area contributed by atoms with Gasteiger partial charge in [-0.15, -0.1) is 0 Å². The van der Waals surface area contributed by atoms with E-state index in [-0.39, 0.29) is 18.1 Å². The van der Waals surface area contributed by atoms with E-state index in [1.165, 1.54) is 23.9 Å². The Bertz CT molecular complexity index is 689. The first-order valence-electron chi connectivity index (χ1n) is 9.18. The van der Waals surface area contributed by atoms with Gasteiger partial charge >= 0.3 is 12.0 Å². The van der Waals surface area contributed by atoms with Gasteiger partial charge < -0.3 is 15.7 Å². The van der Waals surface area contributed by atoms with Crippen molar-refractivity contribution in [2.45, 2.75) is 64.5 Å². The highest BCUT2D eigenvalue weighted by molar-refractivity contribution is 5.91. The molecule has 1 aromatic heterocycles. The van der Waals surface area contributed by atoms with Crippen molar-refractivity contribution in [3.63, 3.8) is 0 Å². The zero-order valence-electron chi connectivity index (χ0n) is 14.8. The maximum atomic E-state index is 12.7. The molecule has 0 aromatic carbocycles. The summed E-state index contributed by atoms with van der Waals surface area (Å²) < 4.78 is 1.41. The molecule has 7 heteroatoms. The monoisotopic (exact) mass is 346 g/mol. The molecule has 4 bridgehead atoms. The summed E-state index contributed by atoms with van der Waals surface area (Å²) in [6.45, 7) is 3.36. The van der Waals surface area contributed by atoms with Crippen molar-refractivity contribution in [3.8, 4) is 0 Å². The predicted molar refractivity (Wildman–Crippen MR) is 92.4 cm³/mol. The number of carbonyl (C=O) groups is 2. The Balaban J connectivity index is 1.46. The van der Waals surface area contributed by atoms with Crippen molar-refractivity contribution >= 4 is 17.7 Å². The molecule has 25 heavy (non-hydrogen) atoms. The third kappa shape index (κ3) is 3.00. The fourth-order valence-corrected chi connectivity index (χ4v) is 5.81. The smallest absolute Gasteiger partial charge is 0.325 e. The van der Waals surface area contributed by atoms with E-state index in [9.17, 15) is 9.59 Å². The van der Waals surface area contributed by atoms with Crippen LogP contribution in [-0.4, -0.2) is 32.4 Å². The fourth-order valence-electron chi connectivity index (χ4n) is 5.81. The topological polar surface area (TPSA) is 96.2 Å². The van der Waals surface area contributed by atoms with Gasteiger partial charge in [-0.3, -0.25) is 9.48 Å². The number of anilines is 1. The van der Waals surface area contributed by atoms with Crippen LogP contribution in [0, 0.1) is 31.6 Å². The van der Waals surface area contributed by atoms with E-state index < -0.39 is 5.97 Å². The van der Waals surface area contributed by atoms with Crippen LogP contribution in [0.2, 0.25) is 0 Å². The lowest BCUT2D eigenvalue weighted by Gasteiger charge is -2.56. The highest BCUT2D eigenvalue weighted by atomic mass is 16.4. The number of aromatic nitrogens is 2. The number of amides is 2. The molecule has 5 rings (SSSR count). The average Bonchev–Trinajstić information content (AvgIpc) is 2.72. The van der Waals surface area contributed by atoms with Crippen LogP contribution in [0.3, 0.4) is 0 Å². The van der Waals surface area contributed by atoms with E-state index >= 15 is 0 Å². The maximum absolute atomic E-state index is 12.7. The predicted octanol–water partition coefficient (Wildman–Crippen LogP) is 2.67. The van der Waals surface area contributed by atoms with Crippen molar-refractivity contribution in [2.75, 3.05) is 5.32 Å². The minimum absolute atomic E-state index is 0.0439. The molecule has 4 fully saturated rings. The molecule has 4 saturated carbocycles. The molecule has 1 heterocycles. The Hall–Kier alpha value is -2.05. The number of nitrogens with zero attached hydrogens (tertiary/aromatic N) is 2. The van der Waals surface area contributed by atoms with Gasteiger partial charge in [-0.1, -0.05) is 0 Å². The van der Waals surface area contributed by atoms with Gasteiger partial charge in [0.25, 0.3) is 0 Å². The Kier molecular flexibility index (Phi) is 3.77. The molecular formula is C18H26N4O3. The normalized spacial score (nSPS) is 32.6. The minimum Gasteiger partial charge on any atom is -0.480 e. The van der Waals surface area contributed by atoms with E-state index in [0.29, 0.717) is 17.1 Å². The Morgan fingerprint density at radius 1 is 1.16 bits per heavy atom. The van der Waals surface area contributed by atoms with Gasteiger partial charge in [0.1, 0.15) is 6.54 Å². The standard InChI is InChI=1S/C18H26N4O3/c1-10-16(11(2)22(21-10)9-15(23)24)19-17(25)20-18-6-12-3-13(7-18)5-14(4-12)8-18/h12-14H,3-9H2,1-2H3,(H,23,24)(H2,19,20,25). The lowest BCUT2D eigenvalue weighted by molar-refractivity contribution is -0.137. The van der Waals surface area contributed by atoms with Gasteiger partial charge in [-0.05, 0) is 70.1 Å². The molecule has 0 spiro atoms. The molecule has 0 unspecified atom stereocenters. The summed E-state index contributed by atoms with van der Waals surface area (Å²) in [5.74, 6) is 1.37. The quantitative estimate of drug-likeness (QED) is 0.781. The van der Waals surface area contributed by atoms with Crippen molar-refractivity contribution in [2.24, 2.45) is 17.8 Å². The zero-order chi connectivity index (χ0) is 17.8. The third-order valence-corrected chi connectivity index (χ3v) is 6.32. The molecule has 1 aromatic rings. The minimum atomic E-state index is -0.949. The summed E-state index contributed by atoms with van der Waals surface area (Å²) in [4.78, 5) is 23.6. The number of rotatable bonds is 4. The first kappa shape index (κ1) is 16.4. The maximum Gasteiger partial charge on any atom is 0.325 e. The van der Waals surface area contributed by atoms with Crippen LogP contribution < -0.4 is 10.6 Å². The Morgan fingerprint density at radius 2 is 1.72 bits per heavy atom. The van der Waals surface area contributed by atoms with Crippen molar-refractivity contribution in [3.05, 3.63) is 11.4 Å². The average molecular weight is 346 g/mol. The molecule has 3 N–H and O–H groups in total. The van der Waals surface area contributed by atoms with Gasteiger partial charge in [-0.25, -0.2) is 4.79 Å². The largest absolute Gasteiger partial charge is 0.480 e. The summed E-state index contributed by atoms with van der Waals surface area (Å²) in [7, 11) is 0. The number of carboxylic acid groups (broad SMARTS) is 1. The van der Waals surface area contributed by atoms with E-state index in [0.717, 1.165) is 37.0 Å². The number of carbonyl (C=O) groups excluding carboxylic acids is 1. The van der Waals surface area contributed by atoms with Crippen LogP contribution in [0.1, 0.15) is 49.9 Å². The Labute approximate surface area is 147 Å². The van der Waals surface area contributed by atoms with Crippen LogP contribution in [0.4, 0.5) is 10.5 Å². The van der Waals surface area contributed by atoms with Crippen molar-refractivity contribution < 1.29 is 14.7 Å². The van der Waals surface area contributed by atoms with Crippen LogP contribution in [0.5, 0.6) is 0 Å². The Morgan fingerprint density at radius 3 is 2.24 bits per heavy atom. The molecule has 0 atom stereocenters. The van der Waals surface area contributed by atoms with E-state index in [4.69, 9.17) is 5.11 Å². The molecule has 7 nitrogen and oxygen atoms in total. The summed E-state index contributed by atoms with van der Waals surface area (Å²) in [6, 6.07) is -0.192. The highest BCUT2D eigenvalue weighted by Gasteiger charge is 2.51. The van der Waals surface area contributed by atoms with Crippen LogP contribution >= 0.6 is 0 Å². The summed E-state index contributed by atoms with van der Waals surface area (Å²) in [5.41, 5.74) is 1.88. The number of hydrogen-bond acceptors (Lipinski definition) is 3. The molecule has 0 saturated heterocycles. The molecule has 2 amide bonds. The summed E-state index contributed by atoms with van der Waals surface area (Å²) in [5, 5.41) is 19.4. The molecular weight excluding hydrogens is 320 g/mol. The fraction of sp³-hybridized carbons (Fsp3) is 0.722. The van der Waals surface area contributed by atoms with E-state index in [2.05, 4.69) is 15.7 Å². The van der Waals surface area contributed by atoms with Gasteiger partial charge in [0, 0.05) is 5.54 Å². The molecule has 136 valence electrons. The number of aryl methyl sites for hydroxylation is 1. The van der Waals surface area contributed by atoms with Gasteiger partial charge in [-0.2, -0.15) is 5.10 Å². The van der Waals surface area contributed by atoms with E-state index in [1.807, 2.05) is 0 Å². The number of aliphatic carboxylic acids is 1. The van der Waals surface area contributed by atoms with Crippen LogP contribution in [0.15, 0.2) is 0 Å². The number of carboxylic acids is 1. The first-order valence-corrected chi connectivity index (χ1v) is 9.18. The molecule has 4 aliphatic carbocycles. The SMILES string of the molecule is Cc1nn(CC(=O)O)c(C)c1NC(=O)NC12CC3CC(CC(C3)C1)C2. The lowest BCUT2D eigenvalue weighted by atomic mass is 9.53. The van der Waals surface area contributed by atoms with Gasteiger partial charge in [0.2, 0.25) is 0 Å². The van der Waals surface area contributed by atoms with Crippen molar-refractivity contribution in [1.29, 1.82) is 0 Å². The number of urea groups is 1. The summed E-state index contributed by atoms with van der Waals surface area (Å²) >= 11 is 0. The van der Waals surface area contributed by atoms with Crippen LogP contribution in [0.25, 0.3) is 0 Å². The molecule has 0 aliphatic heterocycles. The number of hydrogen-bond donors (Lipinski definition) is 3. The second-order valence-corrected chi connectivity index (χ2v) is 8.37.